The Labute approximate surface area is 204 Å². The summed E-state index contributed by atoms with van der Waals surface area (Å²) in [5.74, 6) is 0.127. The molecule has 1 saturated carbocycles. The van der Waals surface area contributed by atoms with Gasteiger partial charge >= 0.3 is 6.18 Å². The number of nitrogens with zero attached hydrogens (tertiary/aromatic N) is 3. The van der Waals surface area contributed by atoms with Crippen LogP contribution in [0.15, 0.2) is 18.2 Å². The molecule has 0 spiro atoms. The SMILES string of the molecule is N#Cc1ccc(N2CCC([C@@H]3CN(C(=O)CCC4CCCC4)C[C@H]3C(N)=O)CC2)cc1C(F)(F)F. The number of hydrogen-bond acceptors (Lipinski definition) is 4. The van der Waals surface area contributed by atoms with Gasteiger partial charge in [0.15, 0.2) is 0 Å². The normalized spacial score (nSPS) is 24.1. The Morgan fingerprint density at radius 2 is 1.77 bits per heavy atom. The largest absolute Gasteiger partial charge is 0.417 e. The summed E-state index contributed by atoms with van der Waals surface area (Å²) in [6.07, 6.45) is 3.13. The number of nitrogens with two attached hydrogens (primary N) is 1. The lowest BCUT2D eigenvalue weighted by molar-refractivity contribution is -0.137. The van der Waals surface area contributed by atoms with Gasteiger partial charge in [0, 0.05) is 38.3 Å². The molecule has 2 atom stereocenters. The molecule has 2 saturated heterocycles. The minimum atomic E-state index is -4.59. The van der Waals surface area contributed by atoms with E-state index in [4.69, 9.17) is 11.0 Å². The molecule has 1 aromatic rings. The number of hydrogen-bond donors (Lipinski definition) is 1. The maximum Gasteiger partial charge on any atom is 0.417 e. The molecule has 35 heavy (non-hydrogen) atoms. The number of benzene rings is 1. The smallest absolute Gasteiger partial charge is 0.372 e. The van der Waals surface area contributed by atoms with Crippen LogP contribution in [0.4, 0.5) is 18.9 Å². The van der Waals surface area contributed by atoms with Crippen LogP contribution in [-0.2, 0) is 15.8 Å². The molecule has 0 aromatic heterocycles. The molecule has 2 aliphatic heterocycles. The van der Waals surface area contributed by atoms with Crippen LogP contribution in [0.3, 0.4) is 0 Å². The molecule has 0 bridgehead atoms. The number of rotatable bonds is 6. The second-order valence-electron chi connectivity index (χ2n) is 10.3. The highest BCUT2D eigenvalue weighted by molar-refractivity contribution is 5.81. The van der Waals surface area contributed by atoms with Crippen molar-refractivity contribution in [2.45, 2.75) is 57.5 Å². The maximum absolute atomic E-state index is 13.4. The van der Waals surface area contributed by atoms with E-state index in [1.54, 1.807) is 17.0 Å². The van der Waals surface area contributed by atoms with Gasteiger partial charge in [0.2, 0.25) is 11.8 Å². The van der Waals surface area contributed by atoms with Gasteiger partial charge in [-0.2, -0.15) is 18.4 Å². The molecular weight excluding hydrogens is 457 g/mol. The zero-order chi connectivity index (χ0) is 25.2. The fraction of sp³-hybridized carbons (Fsp3) is 0.654. The molecule has 2 N–H and O–H groups in total. The Morgan fingerprint density at radius 1 is 1.09 bits per heavy atom. The van der Waals surface area contributed by atoms with Crippen molar-refractivity contribution in [3.05, 3.63) is 29.3 Å². The van der Waals surface area contributed by atoms with Crippen LogP contribution in [0, 0.1) is 35.0 Å². The molecule has 1 aliphatic carbocycles. The van der Waals surface area contributed by atoms with E-state index in [1.807, 2.05) is 4.90 Å². The molecule has 3 aliphatic rings. The summed E-state index contributed by atoms with van der Waals surface area (Å²) in [6, 6.07) is 5.44. The first kappa shape index (κ1) is 25.3. The van der Waals surface area contributed by atoms with Gasteiger partial charge in [-0.3, -0.25) is 9.59 Å². The molecule has 1 aromatic carbocycles. The van der Waals surface area contributed by atoms with Crippen molar-refractivity contribution in [2.75, 3.05) is 31.1 Å². The van der Waals surface area contributed by atoms with E-state index >= 15 is 0 Å². The zero-order valence-electron chi connectivity index (χ0n) is 19.9. The molecule has 9 heteroatoms. The standard InChI is InChI=1S/C26H33F3N4O2/c27-26(28,29)23-13-20(7-6-19(23)14-30)32-11-9-18(10-12-32)21-15-33(16-22(21)25(31)35)24(34)8-5-17-3-1-2-4-17/h6-7,13,17-18,21-22H,1-5,8-12,15-16H2,(H2,31,35)/t21-,22+/m0/s1. The van der Waals surface area contributed by atoms with E-state index in [2.05, 4.69) is 0 Å². The fourth-order valence-electron chi connectivity index (χ4n) is 6.24. The van der Waals surface area contributed by atoms with E-state index in [0.717, 1.165) is 12.5 Å². The number of piperidine rings is 1. The molecule has 0 unspecified atom stereocenters. The van der Waals surface area contributed by atoms with Crippen molar-refractivity contribution in [1.29, 1.82) is 5.26 Å². The highest BCUT2D eigenvalue weighted by atomic mass is 19.4. The summed E-state index contributed by atoms with van der Waals surface area (Å²) in [4.78, 5) is 28.8. The predicted molar refractivity (Wildman–Crippen MR) is 125 cm³/mol. The summed E-state index contributed by atoms with van der Waals surface area (Å²) in [7, 11) is 0. The fourth-order valence-corrected chi connectivity index (χ4v) is 6.24. The lowest BCUT2D eigenvalue weighted by Crippen LogP contribution is -2.40. The first-order chi connectivity index (χ1) is 16.7. The molecule has 3 fully saturated rings. The molecule has 4 rings (SSSR count). The Kier molecular flexibility index (Phi) is 7.58. The molecule has 2 heterocycles. The summed E-state index contributed by atoms with van der Waals surface area (Å²) < 4.78 is 40.1. The minimum Gasteiger partial charge on any atom is -0.372 e. The van der Waals surface area contributed by atoms with Gasteiger partial charge in [0.1, 0.15) is 0 Å². The van der Waals surface area contributed by atoms with Crippen molar-refractivity contribution in [1.82, 2.24) is 4.90 Å². The van der Waals surface area contributed by atoms with Crippen molar-refractivity contribution in [3.8, 4) is 6.07 Å². The zero-order valence-corrected chi connectivity index (χ0v) is 19.9. The second-order valence-corrected chi connectivity index (χ2v) is 10.3. The third-order valence-electron chi connectivity index (χ3n) is 8.26. The monoisotopic (exact) mass is 490 g/mol. The first-order valence-corrected chi connectivity index (χ1v) is 12.6. The van der Waals surface area contributed by atoms with Crippen molar-refractivity contribution in [2.24, 2.45) is 29.4 Å². The Balaban J connectivity index is 1.37. The van der Waals surface area contributed by atoms with Gasteiger partial charge in [-0.15, -0.1) is 0 Å². The van der Waals surface area contributed by atoms with E-state index in [-0.39, 0.29) is 35.1 Å². The maximum atomic E-state index is 13.4. The number of anilines is 1. The number of likely N-dealkylation sites (tertiary alicyclic amines) is 1. The lowest BCUT2D eigenvalue weighted by Gasteiger charge is -2.37. The number of carbonyl (C=O) groups is 2. The highest BCUT2D eigenvalue weighted by Gasteiger charge is 2.43. The van der Waals surface area contributed by atoms with E-state index in [9.17, 15) is 22.8 Å². The summed E-state index contributed by atoms with van der Waals surface area (Å²) in [5, 5.41) is 9.03. The minimum absolute atomic E-state index is 0.0169. The number of amides is 2. The van der Waals surface area contributed by atoms with E-state index in [1.165, 1.54) is 31.7 Å². The highest BCUT2D eigenvalue weighted by Crippen LogP contribution is 2.39. The molecule has 0 radical (unpaired) electrons. The first-order valence-electron chi connectivity index (χ1n) is 12.6. The third kappa shape index (κ3) is 5.74. The van der Waals surface area contributed by atoms with Crippen LogP contribution < -0.4 is 10.6 Å². The van der Waals surface area contributed by atoms with Crippen LogP contribution in [0.2, 0.25) is 0 Å². The molecule has 190 valence electrons. The van der Waals surface area contributed by atoms with Crippen molar-refractivity contribution in [3.63, 3.8) is 0 Å². The molecule has 6 nitrogen and oxygen atoms in total. The van der Waals surface area contributed by atoms with Crippen LogP contribution in [0.1, 0.15) is 62.5 Å². The van der Waals surface area contributed by atoms with Crippen LogP contribution in [-0.4, -0.2) is 42.9 Å². The van der Waals surface area contributed by atoms with Gasteiger partial charge in [0.05, 0.1) is 23.1 Å². The van der Waals surface area contributed by atoms with Gasteiger partial charge < -0.3 is 15.5 Å². The second kappa shape index (κ2) is 10.5. The van der Waals surface area contributed by atoms with Crippen LogP contribution in [0.5, 0.6) is 0 Å². The number of alkyl halides is 3. The lowest BCUT2D eigenvalue weighted by atomic mass is 9.78. The topological polar surface area (TPSA) is 90.4 Å². The Hall–Kier alpha value is -2.76. The van der Waals surface area contributed by atoms with Gasteiger partial charge in [0.25, 0.3) is 0 Å². The summed E-state index contributed by atoms with van der Waals surface area (Å²) in [6.45, 7) is 1.99. The van der Waals surface area contributed by atoms with E-state index in [0.29, 0.717) is 57.0 Å². The molecular formula is C26H33F3N4O2. The Morgan fingerprint density at radius 3 is 2.37 bits per heavy atom. The van der Waals surface area contributed by atoms with Crippen molar-refractivity contribution >= 4 is 17.5 Å². The predicted octanol–water partition coefficient (Wildman–Crippen LogP) is 4.32. The van der Waals surface area contributed by atoms with Crippen molar-refractivity contribution < 1.29 is 22.8 Å². The number of halogens is 3. The molecule has 2 amide bonds. The Bertz CT molecular complexity index is 976. The number of carbonyl (C=O) groups excluding carboxylic acids is 2. The average Bonchev–Trinajstić information content (AvgIpc) is 3.52. The van der Waals surface area contributed by atoms with Gasteiger partial charge in [-0.25, -0.2) is 0 Å². The van der Waals surface area contributed by atoms with Crippen LogP contribution in [0.25, 0.3) is 0 Å². The van der Waals surface area contributed by atoms with Crippen LogP contribution >= 0.6 is 0 Å². The summed E-state index contributed by atoms with van der Waals surface area (Å²) in [5.41, 5.74) is 4.85. The quantitative estimate of drug-likeness (QED) is 0.643. The number of nitriles is 1. The number of primary amides is 1. The third-order valence-corrected chi connectivity index (χ3v) is 8.26. The van der Waals surface area contributed by atoms with Gasteiger partial charge in [-0.1, -0.05) is 25.7 Å². The average molecular weight is 491 g/mol. The van der Waals surface area contributed by atoms with Gasteiger partial charge in [-0.05, 0) is 55.2 Å². The van der Waals surface area contributed by atoms with E-state index < -0.39 is 11.7 Å². The summed E-state index contributed by atoms with van der Waals surface area (Å²) >= 11 is 0.